The first-order valence-electron chi connectivity index (χ1n) is 36.0. The van der Waals surface area contributed by atoms with Crippen molar-refractivity contribution >= 4 is 11.9 Å². The quantitative estimate of drug-likeness (QED) is 0.0195. The zero-order valence-electron chi connectivity index (χ0n) is 56.5. The molecule has 0 aromatic heterocycles. The van der Waals surface area contributed by atoms with Gasteiger partial charge in [0.15, 0.2) is 12.4 Å². The summed E-state index contributed by atoms with van der Waals surface area (Å²) in [4.78, 5) is 26.7. The van der Waals surface area contributed by atoms with E-state index in [-0.39, 0.29) is 19.4 Å². The molecule has 11 heteroatoms. The van der Waals surface area contributed by atoms with Crippen molar-refractivity contribution in [2.24, 2.45) is 0 Å². The second-order valence-corrected chi connectivity index (χ2v) is 24.2. The Labute approximate surface area is 543 Å². The molecule has 8 unspecified atom stereocenters. The fourth-order valence-electron chi connectivity index (χ4n) is 10.5. The fourth-order valence-corrected chi connectivity index (χ4v) is 10.5. The minimum atomic E-state index is -1.63. The van der Waals surface area contributed by atoms with Crippen molar-refractivity contribution in [2.75, 3.05) is 13.2 Å². The van der Waals surface area contributed by atoms with E-state index in [2.05, 4.69) is 148 Å². The largest absolute Gasteiger partial charge is 0.454 e. The molecule has 1 aliphatic heterocycles. The lowest BCUT2D eigenvalue weighted by atomic mass is 9.99. The smallest absolute Gasteiger partial charge is 0.306 e. The molecule has 0 radical (unpaired) electrons. The molecule has 0 aromatic rings. The summed E-state index contributed by atoms with van der Waals surface area (Å²) in [6.07, 6.45) is 80.5. The average Bonchev–Trinajstić information content (AvgIpc) is 1.85. The molecule has 0 bridgehead atoms. The molecular weight excluding hydrogens is 1110 g/mol. The molecule has 8 atom stereocenters. The summed E-state index contributed by atoms with van der Waals surface area (Å²) in [6.45, 7) is 5.57. The van der Waals surface area contributed by atoms with E-state index >= 15 is 0 Å². The molecule has 1 amide bonds. The second-order valence-electron chi connectivity index (χ2n) is 24.2. The number of carbonyl (C=O) groups is 2. The Morgan fingerprint density at radius 1 is 0.449 bits per heavy atom. The summed E-state index contributed by atoms with van der Waals surface area (Å²) in [6, 6.07) is -1.04. The van der Waals surface area contributed by atoms with E-state index in [1.807, 2.05) is 6.08 Å². The van der Waals surface area contributed by atoms with Crippen molar-refractivity contribution < 1.29 is 49.3 Å². The Balaban J connectivity index is 2.59. The molecular formula is C78H131NO10. The number of rotatable bonds is 60. The third kappa shape index (κ3) is 51.1. The van der Waals surface area contributed by atoms with Crippen molar-refractivity contribution in [1.29, 1.82) is 0 Å². The maximum absolute atomic E-state index is 13.5. The molecule has 0 saturated carbocycles. The van der Waals surface area contributed by atoms with Crippen LogP contribution in [0.25, 0.3) is 0 Å². The summed E-state index contributed by atoms with van der Waals surface area (Å²) in [5, 5.41) is 57.3. The minimum Gasteiger partial charge on any atom is -0.454 e. The van der Waals surface area contributed by atoms with Gasteiger partial charge in [0, 0.05) is 6.42 Å². The summed E-state index contributed by atoms with van der Waals surface area (Å²) < 4.78 is 17.7. The number of nitrogens with one attached hydrogen (secondary N) is 1. The predicted octanol–water partition coefficient (Wildman–Crippen LogP) is 18.7. The normalized spacial score (nSPS) is 18.9. The molecule has 1 aliphatic rings. The number of aliphatic hydroxyl groups excluding tert-OH is 5. The lowest BCUT2D eigenvalue weighted by molar-refractivity contribution is -0.305. The van der Waals surface area contributed by atoms with Crippen LogP contribution in [0, 0.1) is 0 Å². The van der Waals surface area contributed by atoms with Gasteiger partial charge in [-0.3, -0.25) is 9.59 Å². The molecule has 1 fully saturated rings. The standard InChI is InChI=1S/C78H131NO10/c1-4-7-10-13-16-19-22-25-27-29-31-33-34-35-36-37-38-39-41-43-45-48-51-54-57-60-63-66-73(83)89-76-75(85)74(84)72(67-80)88-78(76)87-68-69(70(81)64-61-58-55-52-49-46-24-21-18-15-12-9-6-3)79-77(86)71(82)65-62-59-56-53-50-47-44-42-40-32-30-28-26-23-20-17-14-11-8-5-2/h7-8,10-11,16-17,19-20,25-28,31-33,35-36,40,44,47,61,64,69-72,74-76,78,80-82,84-85H,4-6,9,12-15,18,21-24,29-30,34,37-39,41-43,45-46,48-60,62-63,65-68H2,1-3H3,(H,79,86)/b10-7-,11-8-,19-16-,20-17-,27-25-,28-26-,33-31-,36-35-,40-32-,47-44-,64-61+. The van der Waals surface area contributed by atoms with Crippen LogP contribution in [0.15, 0.2) is 134 Å². The maximum Gasteiger partial charge on any atom is 0.306 e. The van der Waals surface area contributed by atoms with Gasteiger partial charge in [-0.2, -0.15) is 0 Å². The molecule has 0 spiro atoms. The van der Waals surface area contributed by atoms with E-state index < -0.39 is 67.4 Å². The minimum absolute atomic E-state index is 0.110. The second kappa shape index (κ2) is 63.9. The first kappa shape index (κ1) is 82.8. The number of hydrogen-bond donors (Lipinski definition) is 6. The van der Waals surface area contributed by atoms with Crippen LogP contribution in [0.2, 0.25) is 0 Å². The Morgan fingerprint density at radius 2 is 0.809 bits per heavy atom. The molecule has 6 N–H and O–H groups in total. The average molecular weight is 1240 g/mol. The van der Waals surface area contributed by atoms with Crippen LogP contribution >= 0.6 is 0 Å². The monoisotopic (exact) mass is 1240 g/mol. The molecule has 89 heavy (non-hydrogen) atoms. The number of carbonyl (C=O) groups excluding carboxylic acids is 2. The Kier molecular flexibility index (Phi) is 59.5. The number of hydrogen-bond acceptors (Lipinski definition) is 10. The molecule has 11 nitrogen and oxygen atoms in total. The Morgan fingerprint density at radius 3 is 1.21 bits per heavy atom. The zero-order valence-corrected chi connectivity index (χ0v) is 56.5. The van der Waals surface area contributed by atoms with Crippen molar-refractivity contribution in [3.05, 3.63) is 134 Å². The van der Waals surface area contributed by atoms with Crippen LogP contribution in [0.4, 0.5) is 0 Å². The van der Waals surface area contributed by atoms with Crippen molar-refractivity contribution in [1.82, 2.24) is 5.32 Å². The van der Waals surface area contributed by atoms with Gasteiger partial charge in [0.1, 0.15) is 24.4 Å². The van der Waals surface area contributed by atoms with Gasteiger partial charge in [-0.25, -0.2) is 0 Å². The Bertz CT molecular complexity index is 1960. The first-order valence-corrected chi connectivity index (χ1v) is 36.0. The van der Waals surface area contributed by atoms with Crippen LogP contribution in [0.3, 0.4) is 0 Å². The van der Waals surface area contributed by atoms with Gasteiger partial charge in [0.05, 0.1) is 25.4 Å². The van der Waals surface area contributed by atoms with Crippen LogP contribution < -0.4 is 5.32 Å². The molecule has 0 aromatic carbocycles. The molecule has 1 rings (SSSR count). The predicted molar refractivity (Wildman–Crippen MR) is 374 cm³/mol. The van der Waals surface area contributed by atoms with Gasteiger partial charge in [-0.05, 0) is 116 Å². The van der Waals surface area contributed by atoms with Crippen molar-refractivity contribution in [2.45, 2.75) is 333 Å². The van der Waals surface area contributed by atoms with E-state index in [1.54, 1.807) is 6.08 Å². The lowest BCUT2D eigenvalue weighted by Crippen LogP contribution is -2.61. The van der Waals surface area contributed by atoms with E-state index in [0.29, 0.717) is 12.8 Å². The first-order chi connectivity index (χ1) is 43.7. The van der Waals surface area contributed by atoms with Crippen LogP contribution in [-0.4, -0.2) is 99.6 Å². The molecule has 508 valence electrons. The van der Waals surface area contributed by atoms with Crippen LogP contribution in [0.5, 0.6) is 0 Å². The summed E-state index contributed by atoms with van der Waals surface area (Å²) >= 11 is 0. The molecule has 1 saturated heterocycles. The van der Waals surface area contributed by atoms with Crippen LogP contribution in [-0.2, 0) is 23.8 Å². The fraction of sp³-hybridized carbons (Fsp3) is 0.692. The lowest BCUT2D eigenvalue weighted by Gasteiger charge is -2.41. The summed E-state index contributed by atoms with van der Waals surface area (Å²) in [5.74, 6) is -1.22. The number of ether oxygens (including phenoxy) is 3. The number of aliphatic hydroxyl groups is 5. The van der Waals surface area contributed by atoms with Crippen molar-refractivity contribution in [3.8, 4) is 0 Å². The number of amides is 1. The van der Waals surface area contributed by atoms with E-state index in [9.17, 15) is 35.1 Å². The van der Waals surface area contributed by atoms with Gasteiger partial charge < -0.3 is 45.1 Å². The van der Waals surface area contributed by atoms with E-state index in [0.717, 1.165) is 148 Å². The number of esters is 1. The third-order valence-corrected chi connectivity index (χ3v) is 16.0. The molecule has 1 heterocycles. The highest BCUT2D eigenvalue weighted by Crippen LogP contribution is 2.26. The van der Waals surface area contributed by atoms with Crippen LogP contribution in [0.1, 0.15) is 284 Å². The SMILES string of the molecule is CC/C=C\C/C=C\C/C=C\C/C=C\C/C=C\CCCCCCCCCCCCCC(=O)OC1C(OCC(NC(=O)C(O)CCCCCC/C=C\C/C=C\C/C=C\C/C=C\C/C=C\CC)C(O)/C=C/CCCCCCCCCCCCC)OC(CO)C(O)C1O. The number of allylic oxidation sites excluding steroid dienone is 21. The topological polar surface area (TPSA) is 175 Å². The highest BCUT2D eigenvalue weighted by atomic mass is 16.7. The van der Waals surface area contributed by atoms with E-state index in [4.69, 9.17) is 14.2 Å². The summed E-state index contributed by atoms with van der Waals surface area (Å²) in [7, 11) is 0. The highest BCUT2D eigenvalue weighted by Gasteiger charge is 2.47. The van der Waals surface area contributed by atoms with Gasteiger partial charge >= 0.3 is 5.97 Å². The highest BCUT2D eigenvalue weighted by molar-refractivity contribution is 5.80. The maximum atomic E-state index is 13.5. The van der Waals surface area contributed by atoms with Gasteiger partial charge in [0.25, 0.3) is 0 Å². The molecule has 0 aliphatic carbocycles. The van der Waals surface area contributed by atoms with Crippen molar-refractivity contribution in [3.63, 3.8) is 0 Å². The van der Waals surface area contributed by atoms with Gasteiger partial charge in [-0.15, -0.1) is 0 Å². The zero-order chi connectivity index (χ0) is 64.6. The summed E-state index contributed by atoms with van der Waals surface area (Å²) in [5.41, 5.74) is 0. The van der Waals surface area contributed by atoms with Gasteiger partial charge in [-0.1, -0.05) is 296 Å². The number of unbranched alkanes of at least 4 members (excludes halogenated alkanes) is 26. The van der Waals surface area contributed by atoms with E-state index in [1.165, 1.54) is 89.9 Å². The third-order valence-electron chi connectivity index (χ3n) is 16.0. The Hall–Kier alpha value is -4.20. The van der Waals surface area contributed by atoms with Gasteiger partial charge in [0.2, 0.25) is 5.91 Å².